The van der Waals surface area contributed by atoms with Crippen molar-refractivity contribution in [1.82, 2.24) is 10.2 Å². The number of carbonyl (C=O) groups is 1. The molecule has 0 saturated carbocycles. The Balaban J connectivity index is 1.60. The number of methoxy groups -OCH3 is 2. The molecule has 1 fully saturated rings. The topological polar surface area (TPSA) is 54.0 Å². The summed E-state index contributed by atoms with van der Waals surface area (Å²) in [5.74, 6) is 1.31. The number of amides is 1. The highest BCUT2D eigenvalue weighted by Crippen LogP contribution is 2.38. The minimum absolute atomic E-state index is 0.0925. The summed E-state index contributed by atoms with van der Waals surface area (Å²) in [6.07, 6.45) is 0. The van der Waals surface area contributed by atoms with Gasteiger partial charge in [-0.3, -0.25) is 4.79 Å². The third kappa shape index (κ3) is 5.43. The molecule has 35 heavy (non-hydrogen) atoms. The number of nitrogens with zero attached hydrogens (tertiary/aromatic N) is 2. The highest BCUT2D eigenvalue weighted by molar-refractivity contribution is 5.97. The van der Waals surface area contributed by atoms with Gasteiger partial charge in [0, 0.05) is 54.6 Å². The van der Waals surface area contributed by atoms with Crippen molar-refractivity contribution in [3.05, 3.63) is 77.4 Å². The molecule has 1 heterocycles. The van der Waals surface area contributed by atoms with Crippen LogP contribution in [0.5, 0.6) is 11.5 Å². The number of benzene rings is 3. The maximum atomic E-state index is 13.4. The van der Waals surface area contributed by atoms with Gasteiger partial charge in [-0.2, -0.15) is 0 Å². The predicted molar refractivity (Wildman–Crippen MR) is 142 cm³/mol. The van der Waals surface area contributed by atoms with Crippen LogP contribution in [0.2, 0.25) is 0 Å². The second kappa shape index (κ2) is 10.8. The smallest absolute Gasteiger partial charge is 0.252 e. The summed E-state index contributed by atoms with van der Waals surface area (Å²) in [4.78, 5) is 18.1. The van der Waals surface area contributed by atoms with Crippen LogP contribution in [-0.4, -0.2) is 58.3 Å². The van der Waals surface area contributed by atoms with E-state index < -0.39 is 0 Å². The molecular weight excluding hydrogens is 438 g/mol. The number of likely N-dealkylation sites (N-methyl/N-ethyl adjacent to an activating group) is 1. The van der Waals surface area contributed by atoms with Crippen molar-refractivity contribution >= 4 is 11.6 Å². The van der Waals surface area contributed by atoms with Crippen LogP contribution in [0.1, 0.15) is 34.5 Å². The Morgan fingerprint density at radius 3 is 2.26 bits per heavy atom. The second-order valence-corrected chi connectivity index (χ2v) is 9.15. The molecule has 184 valence electrons. The Kier molecular flexibility index (Phi) is 7.61. The Morgan fingerprint density at radius 2 is 1.60 bits per heavy atom. The van der Waals surface area contributed by atoms with Gasteiger partial charge >= 0.3 is 0 Å². The van der Waals surface area contributed by atoms with Gasteiger partial charge in [-0.25, -0.2) is 0 Å². The van der Waals surface area contributed by atoms with Gasteiger partial charge in [0.05, 0.1) is 20.3 Å². The fraction of sp³-hybridized carbons (Fsp3) is 0.345. The number of anilines is 1. The highest BCUT2D eigenvalue weighted by atomic mass is 16.5. The molecule has 6 heteroatoms. The Labute approximate surface area is 208 Å². The van der Waals surface area contributed by atoms with E-state index in [2.05, 4.69) is 28.2 Å². The SMILES string of the molecule is COc1cc(OC)c([C@@H](C)NC(=O)c2cc(N3CCN(C)CC3)ccc2C)cc1-c1ccccc1. The lowest BCUT2D eigenvalue weighted by Crippen LogP contribution is -2.44. The van der Waals surface area contributed by atoms with E-state index in [9.17, 15) is 4.79 Å². The van der Waals surface area contributed by atoms with Gasteiger partial charge in [-0.1, -0.05) is 36.4 Å². The zero-order chi connectivity index (χ0) is 24.9. The van der Waals surface area contributed by atoms with Gasteiger partial charge in [-0.05, 0) is 50.2 Å². The van der Waals surface area contributed by atoms with Gasteiger partial charge in [0.15, 0.2) is 0 Å². The van der Waals surface area contributed by atoms with Gasteiger partial charge in [-0.15, -0.1) is 0 Å². The average Bonchev–Trinajstić information content (AvgIpc) is 2.89. The summed E-state index contributed by atoms with van der Waals surface area (Å²) in [6.45, 7) is 7.93. The molecule has 0 aliphatic carbocycles. The van der Waals surface area contributed by atoms with Crippen molar-refractivity contribution in [3.63, 3.8) is 0 Å². The Morgan fingerprint density at radius 1 is 0.914 bits per heavy atom. The predicted octanol–water partition coefficient (Wildman–Crippen LogP) is 4.92. The first-order valence-electron chi connectivity index (χ1n) is 12.1. The lowest BCUT2D eigenvalue weighted by atomic mass is 9.97. The van der Waals surface area contributed by atoms with E-state index in [1.54, 1.807) is 14.2 Å². The fourth-order valence-corrected chi connectivity index (χ4v) is 4.57. The lowest BCUT2D eigenvalue weighted by molar-refractivity contribution is 0.0939. The third-order valence-electron chi connectivity index (χ3n) is 6.78. The minimum atomic E-state index is -0.266. The molecule has 1 aliphatic rings. The molecule has 0 radical (unpaired) electrons. The van der Waals surface area contributed by atoms with Crippen molar-refractivity contribution in [2.45, 2.75) is 19.9 Å². The largest absolute Gasteiger partial charge is 0.496 e. The van der Waals surface area contributed by atoms with Gasteiger partial charge in [0.2, 0.25) is 0 Å². The average molecular weight is 474 g/mol. The van der Waals surface area contributed by atoms with Crippen molar-refractivity contribution in [1.29, 1.82) is 0 Å². The summed E-state index contributed by atoms with van der Waals surface area (Å²) in [6, 6.07) is 19.9. The van der Waals surface area contributed by atoms with Crippen LogP contribution in [0.3, 0.4) is 0 Å². The highest BCUT2D eigenvalue weighted by Gasteiger charge is 2.21. The summed E-state index contributed by atoms with van der Waals surface area (Å²) in [5.41, 5.74) is 5.65. The molecule has 0 bridgehead atoms. The molecular formula is C29H35N3O3. The number of hydrogen-bond acceptors (Lipinski definition) is 5. The zero-order valence-corrected chi connectivity index (χ0v) is 21.3. The van der Waals surface area contributed by atoms with E-state index in [1.807, 2.05) is 68.4 Å². The van der Waals surface area contributed by atoms with Crippen molar-refractivity contribution in [2.75, 3.05) is 52.3 Å². The quantitative estimate of drug-likeness (QED) is 0.528. The maximum Gasteiger partial charge on any atom is 0.252 e. The van der Waals surface area contributed by atoms with E-state index in [-0.39, 0.29) is 11.9 Å². The van der Waals surface area contributed by atoms with Crippen LogP contribution in [0, 0.1) is 6.92 Å². The van der Waals surface area contributed by atoms with Crippen LogP contribution in [0.25, 0.3) is 11.1 Å². The van der Waals surface area contributed by atoms with E-state index >= 15 is 0 Å². The molecule has 1 N–H and O–H groups in total. The first kappa shape index (κ1) is 24.6. The van der Waals surface area contributed by atoms with Crippen molar-refractivity contribution < 1.29 is 14.3 Å². The molecule has 6 nitrogen and oxygen atoms in total. The third-order valence-corrected chi connectivity index (χ3v) is 6.78. The normalized spacial score (nSPS) is 14.9. The maximum absolute atomic E-state index is 13.4. The van der Waals surface area contributed by atoms with E-state index in [4.69, 9.17) is 9.47 Å². The molecule has 0 unspecified atom stereocenters. The molecule has 0 spiro atoms. The molecule has 1 amide bonds. The van der Waals surface area contributed by atoms with Gasteiger partial charge in [0.1, 0.15) is 11.5 Å². The summed E-state index contributed by atoms with van der Waals surface area (Å²) in [5, 5.41) is 3.19. The molecule has 1 aliphatic heterocycles. The van der Waals surface area contributed by atoms with Crippen molar-refractivity contribution in [3.8, 4) is 22.6 Å². The van der Waals surface area contributed by atoms with E-state index in [1.165, 1.54) is 0 Å². The Bertz CT molecular complexity index is 1170. The summed E-state index contributed by atoms with van der Waals surface area (Å²) in [7, 11) is 5.43. The van der Waals surface area contributed by atoms with Crippen LogP contribution < -0.4 is 19.7 Å². The molecule has 3 aromatic rings. The number of hydrogen-bond donors (Lipinski definition) is 1. The number of aryl methyl sites for hydroxylation is 1. The minimum Gasteiger partial charge on any atom is -0.496 e. The van der Waals surface area contributed by atoms with Crippen LogP contribution in [-0.2, 0) is 0 Å². The van der Waals surface area contributed by atoms with E-state index in [0.717, 1.165) is 59.9 Å². The van der Waals surface area contributed by atoms with E-state index in [0.29, 0.717) is 11.3 Å². The zero-order valence-electron chi connectivity index (χ0n) is 21.3. The number of piperazine rings is 1. The Hall–Kier alpha value is -3.51. The fourth-order valence-electron chi connectivity index (χ4n) is 4.57. The van der Waals surface area contributed by atoms with Gasteiger partial charge in [0.25, 0.3) is 5.91 Å². The monoisotopic (exact) mass is 473 g/mol. The molecule has 3 aromatic carbocycles. The standard InChI is InChI=1S/C29H35N3O3/c1-20-11-12-23(32-15-13-31(3)14-16-32)17-24(20)29(33)30-21(2)25-18-26(22-9-7-6-8-10-22)28(35-5)19-27(25)34-4/h6-12,17-19,21H,13-16H2,1-5H3,(H,30,33)/t21-/m1/s1. The van der Waals surface area contributed by atoms with Crippen LogP contribution >= 0.6 is 0 Å². The molecule has 0 aromatic heterocycles. The number of nitrogens with one attached hydrogen (secondary N) is 1. The van der Waals surface area contributed by atoms with Gasteiger partial charge < -0.3 is 24.6 Å². The first-order valence-corrected chi connectivity index (χ1v) is 12.1. The summed E-state index contributed by atoms with van der Waals surface area (Å²) < 4.78 is 11.3. The number of ether oxygens (including phenoxy) is 2. The molecule has 1 atom stereocenters. The molecule has 1 saturated heterocycles. The van der Waals surface area contributed by atoms with Crippen LogP contribution in [0.4, 0.5) is 5.69 Å². The lowest BCUT2D eigenvalue weighted by Gasteiger charge is -2.34. The van der Waals surface area contributed by atoms with Crippen molar-refractivity contribution in [2.24, 2.45) is 0 Å². The van der Waals surface area contributed by atoms with Crippen LogP contribution in [0.15, 0.2) is 60.7 Å². The number of rotatable bonds is 7. The second-order valence-electron chi connectivity index (χ2n) is 9.15. The number of carbonyl (C=O) groups excluding carboxylic acids is 1. The molecule has 4 rings (SSSR count). The summed E-state index contributed by atoms with van der Waals surface area (Å²) >= 11 is 0. The first-order chi connectivity index (χ1) is 16.9.